The fraction of sp³-hybridized carbons (Fsp3) is 0.474. The third-order valence-corrected chi connectivity index (χ3v) is 4.71. The van der Waals surface area contributed by atoms with Crippen molar-refractivity contribution in [3.63, 3.8) is 0 Å². The Morgan fingerprint density at radius 1 is 1.28 bits per heavy atom. The van der Waals surface area contributed by atoms with Gasteiger partial charge in [0.25, 0.3) is 0 Å². The van der Waals surface area contributed by atoms with E-state index in [1.807, 2.05) is 48.9 Å². The monoisotopic (exact) mass is 342 g/mol. The van der Waals surface area contributed by atoms with Gasteiger partial charge in [-0.1, -0.05) is 24.1 Å². The minimum Gasteiger partial charge on any atom is -0.393 e. The van der Waals surface area contributed by atoms with Gasteiger partial charge < -0.3 is 10.4 Å². The zero-order valence-corrected chi connectivity index (χ0v) is 14.8. The molecule has 1 aromatic carbocycles. The molecule has 3 rings (SSSR count). The molecule has 1 saturated carbocycles. The number of hydrogen-bond donors (Lipinski definition) is 3. The molecule has 3 N–H and O–H groups in total. The molecule has 1 aliphatic rings. The number of aromatic nitrogens is 2. The lowest BCUT2D eigenvalue weighted by Crippen LogP contribution is -2.35. The van der Waals surface area contributed by atoms with E-state index in [4.69, 9.17) is 0 Å². The number of amides is 2. The Kier molecular flexibility index (Phi) is 5.38. The van der Waals surface area contributed by atoms with Crippen LogP contribution in [-0.4, -0.2) is 33.6 Å². The van der Waals surface area contributed by atoms with Crippen LogP contribution in [0.4, 0.5) is 10.6 Å². The maximum absolute atomic E-state index is 12.1. The first-order chi connectivity index (χ1) is 12.0. The average molecular weight is 342 g/mol. The molecule has 2 amide bonds. The first-order valence-electron chi connectivity index (χ1n) is 8.88. The molecule has 0 bridgehead atoms. The molecule has 0 aliphatic heterocycles. The summed E-state index contributed by atoms with van der Waals surface area (Å²) in [6.07, 6.45) is 3.49. The van der Waals surface area contributed by atoms with Crippen molar-refractivity contribution in [2.75, 3.05) is 11.9 Å². The zero-order valence-electron chi connectivity index (χ0n) is 14.8. The molecule has 1 heterocycles. The second-order valence-electron chi connectivity index (χ2n) is 6.94. The van der Waals surface area contributed by atoms with Gasteiger partial charge in [0.05, 0.1) is 11.8 Å². The first kappa shape index (κ1) is 17.5. The molecule has 2 atom stereocenters. The van der Waals surface area contributed by atoms with Crippen LogP contribution in [0.2, 0.25) is 0 Å². The number of rotatable bonds is 4. The Balaban J connectivity index is 1.56. The van der Waals surface area contributed by atoms with Crippen molar-refractivity contribution >= 4 is 11.8 Å². The summed E-state index contributed by atoms with van der Waals surface area (Å²) >= 11 is 0. The Hall–Kier alpha value is -2.34. The molecule has 2 unspecified atom stereocenters. The summed E-state index contributed by atoms with van der Waals surface area (Å²) in [5.74, 6) is 0.876. The highest BCUT2D eigenvalue weighted by atomic mass is 16.3. The maximum atomic E-state index is 12.1. The van der Waals surface area contributed by atoms with Crippen LogP contribution < -0.4 is 10.6 Å². The number of aliphatic hydroxyl groups is 1. The molecule has 0 spiro atoms. The van der Waals surface area contributed by atoms with Crippen LogP contribution in [0.25, 0.3) is 5.69 Å². The lowest BCUT2D eigenvalue weighted by Gasteiger charge is -2.25. The minimum atomic E-state index is -0.256. The standard InChI is InChI=1S/C19H26N4O2/c1-13-6-8-16(9-7-13)23-14(2)10-18(22-23)21-19(25)20-12-15-4-3-5-17(24)11-15/h6-10,15,17,24H,3-5,11-12H2,1-2H3,(H2,20,21,22,25). The van der Waals surface area contributed by atoms with Crippen LogP contribution in [0.5, 0.6) is 0 Å². The molecule has 1 aliphatic carbocycles. The van der Waals surface area contributed by atoms with Gasteiger partial charge in [-0.3, -0.25) is 5.32 Å². The number of carbonyl (C=O) groups is 1. The van der Waals surface area contributed by atoms with Crippen LogP contribution in [0.1, 0.15) is 36.9 Å². The second-order valence-corrected chi connectivity index (χ2v) is 6.94. The van der Waals surface area contributed by atoms with E-state index in [0.29, 0.717) is 18.3 Å². The summed E-state index contributed by atoms with van der Waals surface area (Å²) in [5, 5.41) is 19.8. The number of aryl methyl sites for hydroxylation is 2. The summed E-state index contributed by atoms with van der Waals surface area (Å²) in [7, 11) is 0. The highest BCUT2D eigenvalue weighted by molar-refractivity contribution is 5.88. The normalized spacial score (nSPS) is 20.3. The Bertz CT molecular complexity index is 724. The second kappa shape index (κ2) is 7.70. The molecular weight excluding hydrogens is 316 g/mol. The molecule has 2 aromatic rings. The van der Waals surface area contributed by atoms with Gasteiger partial charge in [-0.15, -0.1) is 5.10 Å². The number of nitrogens with one attached hydrogen (secondary N) is 2. The lowest BCUT2D eigenvalue weighted by atomic mass is 9.87. The van der Waals surface area contributed by atoms with Crippen molar-refractivity contribution in [3.8, 4) is 5.69 Å². The van der Waals surface area contributed by atoms with Crippen molar-refractivity contribution in [2.24, 2.45) is 5.92 Å². The third-order valence-electron chi connectivity index (χ3n) is 4.71. The summed E-state index contributed by atoms with van der Waals surface area (Å²) in [5.41, 5.74) is 3.11. The molecule has 6 nitrogen and oxygen atoms in total. The number of benzene rings is 1. The van der Waals surface area contributed by atoms with Crippen molar-refractivity contribution < 1.29 is 9.90 Å². The molecule has 6 heteroatoms. The van der Waals surface area contributed by atoms with Crippen molar-refractivity contribution in [1.29, 1.82) is 0 Å². The van der Waals surface area contributed by atoms with Crippen LogP contribution >= 0.6 is 0 Å². The third kappa shape index (κ3) is 4.60. The van der Waals surface area contributed by atoms with Gasteiger partial charge in [0.15, 0.2) is 5.82 Å². The van der Waals surface area contributed by atoms with Gasteiger partial charge in [-0.25, -0.2) is 9.48 Å². The number of urea groups is 1. The van der Waals surface area contributed by atoms with Crippen LogP contribution in [0.15, 0.2) is 30.3 Å². The van der Waals surface area contributed by atoms with Gasteiger partial charge in [0.2, 0.25) is 0 Å². The van der Waals surface area contributed by atoms with E-state index < -0.39 is 0 Å². The van der Waals surface area contributed by atoms with Crippen molar-refractivity contribution in [1.82, 2.24) is 15.1 Å². The molecule has 134 valence electrons. The summed E-state index contributed by atoms with van der Waals surface area (Å²) in [4.78, 5) is 12.1. The average Bonchev–Trinajstić information content (AvgIpc) is 2.94. The van der Waals surface area contributed by atoms with E-state index in [0.717, 1.165) is 37.1 Å². The topological polar surface area (TPSA) is 79.2 Å². The Morgan fingerprint density at radius 2 is 2.04 bits per heavy atom. The van der Waals surface area contributed by atoms with E-state index in [1.165, 1.54) is 5.56 Å². The molecule has 1 aromatic heterocycles. The summed E-state index contributed by atoms with van der Waals surface area (Å²) < 4.78 is 1.81. The number of anilines is 1. The van der Waals surface area contributed by atoms with Crippen LogP contribution in [0, 0.1) is 19.8 Å². The van der Waals surface area contributed by atoms with E-state index >= 15 is 0 Å². The zero-order chi connectivity index (χ0) is 17.8. The van der Waals surface area contributed by atoms with Crippen LogP contribution in [-0.2, 0) is 0 Å². The largest absolute Gasteiger partial charge is 0.393 e. The Morgan fingerprint density at radius 3 is 2.76 bits per heavy atom. The predicted octanol–water partition coefficient (Wildman–Crippen LogP) is 3.16. The predicted molar refractivity (Wildman–Crippen MR) is 98.0 cm³/mol. The van der Waals surface area contributed by atoms with Gasteiger partial charge in [-0.05, 0) is 51.2 Å². The lowest BCUT2D eigenvalue weighted by molar-refractivity contribution is 0.101. The van der Waals surface area contributed by atoms with Gasteiger partial charge in [-0.2, -0.15) is 0 Å². The van der Waals surface area contributed by atoms with Gasteiger partial charge in [0, 0.05) is 18.3 Å². The van der Waals surface area contributed by atoms with Crippen molar-refractivity contribution in [3.05, 3.63) is 41.6 Å². The first-order valence-corrected chi connectivity index (χ1v) is 8.88. The molecular formula is C19H26N4O2. The van der Waals surface area contributed by atoms with Crippen LogP contribution in [0.3, 0.4) is 0 Å². The van der Waals surface area contributed by atoms with Crippen molar-refractivity contribution in [2.45, 2.75) is 45.6 Å². The van der Waals surface area contributed by atoms with E-state index in [2.05, 4.69) is 15.7 Å². The molecule has 0 radical (unpaired) electrons. The smallest absolute Gasteiger partial charge is 0.320 e. The fourth-order valence-electron chi connectivity index (χ4n) is 3.33. The minimum absolute atomic E-state index is 0.225. The quantitative estimate of drug-likeness (QED) is 0.798. The fourth-order valence-corrected chi connectivity index (χ4v) is 3.33. The molecule has 25 heavy (non-hydrogen) atoms. The number of nitrogens with zero attached hydrogens (tertiary/aromatic N) is 2. The van der Waals surface area contributed by atoms with Gasteiger partial charge >= 0.3 is 6.03 Å². The van der Waals surface area contributed by atoms with E-state index in [9.17, 15) is 9.90 Å². The highest BCUT2D eigenvalue weighted by Crippen LogP contribution is 2.23. The maximum Gasteiger partial charge on any atom is 0.320 e. The number of aliphatic hydroxyl groups excluding tert-OH is 1. The number of carbonyl (C=O) groups excluding carboxylic acids is 1. The summed E-state index contributed by atoms with van der Waals surface area (Å²) in [6, 6.07) is 9.68. The van der Waals surface area contributed by atoms with E-state index in [-0.39, 0.29) is 12.1 Å². The molecule has 1 fully saturated rings. The number of hydrogen-bond acceptors (Lipinski definition) is 3. The van der Waals surface area contributed by atoms with E-state index in [1.54, 1.807) is 0 Å². The molecule has 0 saturated heterocycles. The Labute approximate surface area is 148 Å². The van der Waals surface area contributed by atoms with Gasteiger partial charge in [0.1, 0.15) is 0 Å². The highest BCUT2D eigenvalue weighted by Gasteiger charge is 2.20. The SMILES string of the molecule is Cc1ccc(-n2nc(NC(=O)NCC3CCCC(O)C3)cc2C)cc1. The summed E-state index contributed by atoms with van der Waals surface area (Å²) in [6.45, 7) is 4.59.